The molecule has 0 spiro atoms. The second-order valence-electron chi connectivity index (χ2n) is 7.53. The van der Waals surface area contributed by atoms with Crippen LogP contribution in [0.3, 0.4) is 0 Å². The number of anilines is 2. The number of hydrogen-bond donors (Lipinski definition) is 1. The summed E-state index contributed by atoms with van der Waals surface area (Å²) in [5.74, 6) is 0.615. The number of carbonyl (C=O) groups is 1. The highest BCUT2D eigenvalue weighted by Crippen LogP contribution is 2.33. The quantitative estimate of drug-likeness (QED) is 0.845. The van der Waals surface area contributed by atoms with E-state index in [1.807, 2.05) is 30.3 Å². The molecule has 1 amide bonds. The molecule has 2 fully saturated rings. The molecule has 4 nitrogen and oxygen atoms in total. The molecule has 1 saturated carbocycles. The maximum Gasteiger partial charge on any atom is 0.255 e. The Balaban J connectivity index is 1.46. The first-order chi connectivity index (χ1) is 13.3. The van der Waals surface area contributed by atoms with Gasteiger partial charge in [-0.05, 0) is 48.6 Å². The predicted octanol–water partition coefficient (Wildman–Crippen LogP) is 4.82. The number of nitrogens with zero attached hydrogens (tertiary/aromatic N) is 1. The smallest absolute Gasteiger partial charge is 0.255 e. The second kappa shape index (κ2) is 8.57. The Morgan fingerprint density at radius 3 is 2.37 bits per heavy atom. The van der Waals surface area contributed by atoms with Crippen molar-refractivity contribution in [3.05, 3.63) is 59.7 Å². The van der Waals surface area contributed by atoms with Gasteiger partial charge in [-0.3, -0.25) is 4.79 Å². The molecule has 27 heavy (non-hydrogen) atoms. The Hall–Kier alpha value is -2.33. The van der Waals surface area contributed by atoms with Crippen molar-refractivity contribution in [1.29, 1.82) is 0 Å². The van der Waals surface area contributed by atoms with Crippen LogP contribution in [0.2, 0.25) is 0 Å². The van der Waals surface area contributed by atoms with Crippen molar-refractivity contribution in [2.24, 2.45) is 0 Å². The highest BCUT2D eigenvalue weighted by atomic mass is 16.5. The molecule has 1 heterocycles. The summed E-state index contributed by atoms with van der Waals surface area (Å²) in [4.78, 5) is 15.1. The molecule has 2 aromatic rings. The van der Waals surface area contributed by atoms with E-state index in [4.69, 9.17) is 4.74 Å². The minimum Gasteiger partial charge on any atom is -0.378 e. The first kappa shape index (κ1) is 18.1. The number of para-hydroxylation sites is 2. The van der Waals surface area contributed by atoms with E-state index in [-0.39, 0.29) is 5.91 Å². The Morgan fingerprint density at radius 2 is 1.63 bits per heavy atom. The van der Waals surface area contributed by atoms with Crippen LogP contribution >= 0.6 is 0 Å². The predicted molar refractivity (Wildman–Crippen MR) is 110 cm³/mol. The fourth-order valence-electron chi connectivity index (χ4n) is 4.20. The van der Waals surface area contributed by atoms with Crippen LogP contribution < -0.4 is 10.2 Å². The Bertz CT molecular complexity index is 760. The van der Waals surface area contributed by atoms with Crippen molar-refractivity contribution >= 4 is 17.3 Å². The number of amides is 1. The number of nitrogens with one attached hydrogen (secondary N) is 1. The number of carbonyl (C=O) groups excluding carboxylic acids is 1. The third-order valence-electron chi connectivity index (χ3n) is 5.75. The van der Waals surface area contributed by atoms with Crippen LogP contribution in [0, 0.1) is 0 Å². The van der Waals surface area contributed by atoms with Gasteiger partial charge in [0.05, 0.1) is 24.6 Å². The van der Waals surface area contributed by atoms with Gasteiger partial charge in [-0.1, -0.05) is 43.5 Å². The van der Waals surface area contributed by atoms with Gasteiger partial charge in [0.15, 0.2) is 0 Å². The highest BCUT2D eigenvalue weighted by molar-refractivity contribution is 6.06. The summed E-state index contributed by atoms with van der Waals surface area (Å²) in [6, 6.07) is 16.2. The lowest BCUT2D eigenvalue weighted by molar-refractivity contribution is 0.102. The summed E-state index contributed by atoms with van der Waals surface area (Å²) < 4.78 is 5.44. The first-order valence-corrected chi connectivity index (χ1v) is 10.1. The van der Waals surface area contributed by atoms with E-state index in [1.165, 1.54) is 37.7 Å². The van der Waals surface area contributed by atoms with Crippen molar-refractivity contribution in [3.8, 4) is 0 Å². The lowest BCUT2D eigenvalue weighted by Gasteiger charge is -2.30. The van der Waals surface area contributed by atoms with Crippen LogP contribution in [0.1, 0.15) is 53.9 Å². The van der Waals surface area contributed by atoms with E-state index < -0.39 is 0 Å². The molecule has 4 heteroatoms. The summed E-state index contributed by atoms with van der Waals surface area (Å²) >= 11 is 0. The van der Waals surface area contributed by atoms with Crippen molar-refractivity contribution in [1.82, 2.24) is 0 Å². The molecule has 2 aromatic carbocycles. The molecule has 0 atom stereocenters. The average molecular weight is 364 g/mol. The molecule has 4 rings (SSSR count). The van der Waals surface area contributed by atoms with Gasteiger partial charge in [0.25, 0.3) is 5.91 Å². The summed E-state index contributed by atoms with van der Waals surface area (Å²) in [6.07, 6.45) is 6.56. The van der Waals surface area contributed by atoms with Gasteiger partial charge in [-0.2, -0.15) is 0 Å². The van der Waals surface area contributed by atoms with Crippen molar-refractivity contribution < 1.29 is 9.53 Å². The zero-order chi connectivity index (χ0) is 18.5. The van der Waals surface area contributed by atoms with E-state index >= 15 is 0 Å². The fraction of sp³-hybridized carbons (Fsp3) is 0.435. The molecule has 2 aliphatic rings. The molecule has 1 saturated heterocycles. The molecule has 0 radical (unpaired) electrons. The summed E-state index contributed by atoms with van der Waals surface area (Å²) in [6.45, 7) is 3.15. The molecular formula is C23H28N2O2. The van der Waals surface area contributed by atoms with Crippen molar-refractivity contribution in [2.75, 3.05) is 36.5 Å². The van der Waals surface area contributed by atoms with Gasteiger partial charge in [0, 0.05) is 18.7 Å². The standard InChI is InChI=1S/C23H28N2O2/c26-23(20-12-10-19(11-13-20)18-6-2-1-3-7-18)24-21-8-4-5-9-22(21)25-14-16-27-17-15-25/h4-5,8-13,18H,1-3,6-7,14-17H2,(H,24,26). The molecule has 142 valence electrons. The van der Waals surface area contributed by atoms with Crippen LogP contribution in [0.15, 0.2) is 48.5 Å². The number of rotatable bonds is 4. The number of morpholine rings is 1. The minimum atomic E-state index is -0.0501. The van der Waals surface area contributed by atoms with E-state index in [9.17, 15) is 4.79 Å². The molecule has 0 aromatic heterocycles. The van der Waals surface area contributed by atoms with E-state index in [2.05, 4.69) is 28.4 Å². The lowest BCUT2D eigenvalue weighted by atomic mass is 9.84. The fourth-order valence-corrected chi connectivity index (χ4v) is 4.20. The van der Waals surface area contributed by atoms with Crippen LogP contribution in [-0.4, -0.2) is 32.2 Å². The maximum absolute atomic E-state index is 12.8. The van der Waals surface area contributed by atoms with Crippen molar-refractivity contribution in [3.63, 3.8) is 0 Å². The SMILES string of the molecule is O=C(Nc1ccccc1N1CCOCC1)c1ccc(C2CCCCC2)cc1. The van der Waals surface area contributed by atoms with Gasteiger partial charge in [-0.15, -0.1) is 0 Å². The van der Waals surface area contributed by atoms with Gasteiger partial charge in [-0.25, -0.2) is 0 Å². The summed E-state index contributed by atoms with van der Waals surface area (Å²) in [5, 5.41) is 3.10. The maximum atomic E-state index is 12.8. The topological polar surface area (TPSA) is 41.6 Å². The van der Waals surface area contributed by atoms with Gasteiger partial charge in [0.2, 0.25) is 0 Å². The minimum absolute atomic E-state index is 0.0501. The van der Waals surface area contributed by atoms with Crippen LogP contribution in [0.25, 0.3) is 0 Å². The molecular weight excluding hydrogens is 336 g/mol. The zero-order valence-corrected chi connectivity index (χ0v) is 15.8. The number of ether oxygens (including phenoxy) is 1. The number of hydrogen-bond acceptors (Lipinski definition) is 3. The molecule has 1 aliphatic carbocycles. The zero-order valence-electron chi connectivity index (χ0n) is 15.8. The monoisotopic (exact) mass is 364 g/mol. The Kier molecular flexibility index (Phi) is 5.73. The lowest BCUT2D eigenvalue weighted by Crippen LogP contribution is -2.36. The second-order valence-corrected chi connectivity index (χ2v) is 7.53. The molecule has 1 N–H and O–H groups in total. The van der Waals surface area contributed by atoms with Gasteiger partial charge < -0.3 is 15.0 Å². The normalized spacial score (nSPS) is 18.3. The Labute approximate surface area is 161 Å². The average Bonchev–Trinajstić information content (AvgIpc) is 2.75. The van der Waals surface area contributed by atoms with Gasteiger partial charge in [0.1, 0.15) is 0 Å². The number of benzene rings is 2. The van der Waals surface area contributed by atoms with Crippen LogP contribution in [-0.2, 0) is 4.74 Å². The van der Waals surface area contributed by atoms with Gasteiger partial charge >= 0.3 is 0 Å². The first-order valence-electron chi connectivity index (χ1n) is 10.1. The third kappa shape index (κ3) is 4.33. The molecule has 0 bridgehead atoms. The summed E-state index contributed by atoms with van der Waals surface area (Å²) in [7, 11) is 0. The van der Waals surface area contributed by atoms with Crippen molar-refractivity contribution in [2.45, 2.75) is 38.0 Å². The van der Waals surface area contributed by atoms with E-state index in [1.54, 1.807) is 0 Å². The van der Waals surface area contributed by atoms with Crippen LogP contribution in [0.5, 0.6) is 0 Å². The highest BCUT2D eigenvalue weighted by Gasteiger charge is 2.18. The molecule has 1 aliphatic heterocycles. The van der Waals surface area contributed by atoms with E-state index in [0.29, 0.717) is 11.5 Å². The summed E-state index contributed by atoms with van der Waals surface area (Å²) in [5.41, 5.74) is 4.01. The molecule has 0 unspecified atom stereocenters. The van der Waals surface area contributed by atoms with Crippen LogP contribution in [0.4, 0.5) is 11.4 Å². The van der Waals surface area contributed by atoms with E-state index in [0.717, 1.165) is 37.7 Å². The Morgan fingerprint density at radius 1 is 0.926 bits per heavy atom. The third-order valence-corrected chi connectivity index (χ3v) is 5.75. The largest absolute Gasteiger partial charge is 0.378 e.